The van der Waals surface area contributed by atoms with Crippen LogP contribution in [0, 0.1) is 13.8 Å². The smallest absolute Gasteiger partial charge is 0.319 e. The third-order valence-electron chi connectivity index (χ3n) is 4.68. The van der Waals surface area contributed by atoms with Crippen LogP contribution in [-0.4, -0.2) is 26.2 Å². The van der Waals surface area contributed by atoms with Gasteiger partial charge in [-0.3, -0.25) is 0 Å². The summed E-state index contributed by atoms with van der Waals surface area (Å²) < 4.78 is 1.63. The number of rotatable bonds is 4. The van der Waals surface area contributed by atoms with Gasteiger partial charge in [0.25, 0.3) is 0 Å². The van der Waals surface area contributed by atoms with E-state index in [9.17, 15) is 4.79 Å². The molecule has 2 N–H and O–H groups in total. The molecule has 2 amide bonds. The number of nitrogens with zero attached hydrogens (tertiary/aromatic N) is 4. The number of aryl methyl sites for hydroxylation is 2. The van der Waals surface area contributed by atoms with Gasteiger partial charge in [0.2, 0.25) is 0 Å². The molecule has 0 saturated heterocycles. The number of benzene rings is 2. The van der Waals surface area contributed by atoms with Gasteiger partial charge >= 0.3 is 6.03 Å². The number of urea groups is 1. The van der Waals surface area contributed by atoms with Crippen LogP contribution in [0.4, 0.5) is 10.5 Å². The molecule has 3 rings (SSSR count). The summed E-state index contributed by atoms with van der Waals surface area (Å²) in [4.78, 5) is 12.2. The zero-order valence-corrected chi connectivity index (χ0v) is 16.9. The zero-order valence-electron chi connectivity index (χ0n) is 16.9. The lowest BCUT2D eigenvalue weighted by Crippen LogP contribution is -2.29. The number of tetrazole rings is 1. The van der Waals surface area contributed by atoms with Crippen LogP contribution in [0.15, 0.2) is 42.5 Å². The van der Waals surface area contributed by atoms with Crippen LogP contribution in [0.2, 0.25) is 0 Å². The largest absolute Gasteiger partial charge is 0.330 e. The SMILES string of the molecule is Cc1ccc(-n2nnnc2CNC(=O)Nc2ccc(C(C)(C)C)cc2)cc1C. The van der Waals surface area contributed by atoms with Gasteiger partial charge < -0.3 is 10.6 Å². The summed E-state index contributed by atoms with van der Waals surface area (Å²) in [5, 5.41) is 17.4. The van der Waals surface area contributed by atoms with Gasteiger partial charge in [0, 0.05) is 5.69 Å². The quantitative estimate of drug-likeness (QED) is 0.721. The topological polar surface area (TPSA) is 84.7 Å². The van der Waals surface area contributed by atoms with Crippen molar-refractivity contribution in [1.29, 1.82) is 0 Å². The van der Waals surface area contributed by atoms with Crippen LogP contribution in [0.3, 0.4) is 0 Å². The molecule has 0 spiro atoms. The van der Waals surface area contributed by atoms with Gasteiger partial charge in [-0.2, -0.15) is 4.68 Å². The minimum atomic E-state index is -0.307. The molecule has 0 fully saturated rings. The van der Waals surface area contributed by atoms with E-state index in [4.69, 9.17) is 0 Å². The van der Waals surface area contributed by atoms with Gasteiger partial charge in [0.05, 0.1) is 12.2 Å². The van der Waals surface area contributed by atoms with Gasteiger partial charge in [0.15, 0.2) is 5.82 Å². The van der Waals surface area contributed by atoms with Crippen LogP contribution in [-0.2, 0) is 12.0 Å². The van der Waals surface area contributed by atoms with E-state index in [0.29, 0.717) is 5.82 Å². The standard InChI is InChI=1S/C21H26N6O/c1-14-6-11-18(12-15(14)2)27-19(24-25-26-27)13-22-20(28)23-17-9-7-16(8-10-17)21(3,4)5/h6-12H,13H2,1-5H3,(H2,22,23,28). The number of carbonyl (C=O) groups excluding carboxylic acids is 1. The van der Waals surface area contributed by atoms with Crippen molar-refractivity contribution in [1.82, 2.24) is 25.5 Å². The maximum atomic E-state index is 12.2. The van der Waals surface area contributed by atoms with E-state index >= 15 is 0 Å². The summed E-state index contributed by atoms with van der Waals surface area (Å²) in [7, 11) is 0. The summed E-state index contributed by atoms with van der Waals surface area (Å²) in [5.74, 6) is 0.557. The van der Waals surface area contributed by atoms with Crippen molar-refractivity contribution in [3.8, 4) is 5.69 Å². The van der Waals surface area contributed by atoms with Crippen molar-refractivity contribution in [2.24, 2.45) is 0 Å². The molecular formula is C21H26N6O. The second kappa shape index (κ2) is 7.80. The van der Waals surface area contributed by atoms with Crippen molar-refractivity contribution < 1.29 is 4.79 Å². The Hall–Kier alpha value is -3.22. The number of aromatic nitrogens is 4. The number of nitrogens with one attached hydrogen (secondary N) is 2. The Balaban J connectivity index is 1.63. The molecule has 0 radical (unpaired) electrons. The van der Waals surface area contributed by atoms with E-state index in [1.54, 1.807) is 4.68 Å². The lowest BCUT2D eigenvalue weighted by molar-refractivity contribution is 0.251. The van der Waals surface area contributed by atoms with Crippen LogP contribution in [0.25, 0.3) is 5.69 Å². The van der Waals surface area contributed by atoms with Crippen LogP contribution >= 0.6 is 0 Å². The molecule has 0 aliphatic heterocycles. The van der Waals surface area contributed by atoms with Crippen molar-refractivity contribution in [2.45, 2.75) is 46.6 Å². The van der Waals surface area contributed by atoms with Gasteiger partial charge in [0.1, 0.15) is 0 Å². The Morgan fingerprint density at radius 3 is 2.39 bits per heavy atom. The molecule has 0 aliphatic rings. The summed E-state index contributed by atoms with van der Waals surface area (Å²) in [6.45, 7) is 10.8. The first kappa shape index (κ1) is 19.5. The third kappa shape index (κ3) is 4.54. The fraction of sp³-hybridized carbons (Fsp3) is 0.333. The summed E-state index contributed by atoms with van der Waals surface area (Å²) >= 11 is 0. The molecule has 0 bridgehead atoms. The van der Waals surface area contributed by atoms with Crippen molar-refractivity contribution in [2.75, 3.05) is 5.32 Å². The fourth-order valence-electron chi connectivity index (χ4n) is 2.76. The Labute approximate surface area is 165 Å². The monoisotopic (exact) mass is 378 g/mol. The number of hydrogen-bond donors (Lipinski definition) is 2. The highest BCUT2D eigenvalue weighted by molar-refractivity contribution is 5.89. The summed E-state index contributed by atoms with van der Waals surface area (Å²) in [5.41, 5.74) is 5.25. The first-order valence-electron chi connectivity index (χ1n) is 9.24. The minimum absolute atomic E-state index is 0.0756. The predicted molar refractivity (Wildman–Crippen MR) is 110 cm³/mol. The molecule has 7 heteroatoms. The average Bonchev–Trinajstić information content (AvgIpc) is 3.10. The second-order valence-corrected chi connectivity index (χ2v) is 7.91. The normalized spacial score (nSPS) is 11.3. The van der Waals surface area contributed by atoms with E-state index < -0.39 is 0 Å². The maximum absolute atomic E-state index is 12.2. The van der Waals surface area contributed by atoms with Gasteiger partial charge in [-0.25, -0.2) is 4.79 Å². The van der Waals surface area contributed by atoms with Gasteiger partial charge in [-0.05, 0) is 70.6 Å². The van der Waals surface area contributed by atoms with Crippen molar-refractivity contribution in [3.05, 3.63) is 65.0 Å². The van der Waals surface area contributed by atoms with Gasteiger partial charge in [-0.15, -0.1) is 5.10 Å². The summed E-state index contributed by atoms with van der Waals surface area (Å²) in [6.07, 6.45) is 0. The highest BCUT2D eigenvalue weighted by atomic mass is 16.2. The Morgan fingerprint density at radius 1 is 1.04 bits per heavy atom. The van der Waals surface area contributed by atoms with Crippen LogP contribution in [0.5, 0.6) is 0 Å². The molecule has 1 aromatic heterocycles. The lowest BCUT2D eigenvalue weighted by atomic mass is 9.87. The average molecular weight is 378 g/mol. The molecule has 146 valence electrons. The van der Waals surface area contributed by atoms with Crippen molar-refractivity contribution >= 4 is 11.7 Å². The molecule has 0 atom stereocenters. The number of hydrogen-bond acceptors (Lipinski definition) is 4. The molecule has 0 aliphatic carbocycles. The van der Waals surface area contributed by atoms with E-state index in [2.05, 4.69) is 53.9 Å². The number of amides is 2. The number of anilines is 1. The molecule has 0 saturated carbocycles. The summed E-state index contributed by atoms with van der Waals surface area (Å²) in [6, 6.07) is 13.5. The van der Waals surface area contributed by atoms with E-state index in [1.165, 1.54) is 11.1 Å². The highest BCUT2D eigenvalue weighted by Gasteiger charge is 2.14. The Morgan fingerprint density at radius 2 is 1.75 bits per heavy atom. The maximum Gasteiger partial charge on any atom is 0.319 e. The fourth-order valence-corrected chi connectivity index (χ4v) is 2.76. The molecule has 28 heavy (non-hydrogen) atoms. The lowest BCUT2D eigenvalue weighted by Gasteiger charge is -2.19. The second-order valence-electron chi connectivity index (χ2n) is 7.91. The molecule has 7 nitrogen and oxygen atoms in total. The van der Waals surface area contributed by atoms with Crippen LogP contribution in [0.1, 0.15) is 43.3 Å². The zero-order chi connectivity index (χ0) is 20.3. The Kier molecular flexibility index (Phi) is 5.44. The predicted octanol–water partition coefficient (Wildman–Crippen LogP) is 3.90. The first-order valence-corrected chi connectivity index (χ1v) is 9.24. The Bertz CT molecular complexity index is 969. The molecular weight excluding hydrogens is 352 g/mol. The number of carbonyl (C=O) groups is 1. The third-order valence-corrected chi connectivity index (χ3v) is 4.68. The molecule has 2 aromatic carbocycles. The molecule has 3 aromatic rings. The van der Waals surface area contributed by atoms with E-state index in [-0.39, 0.29) is 18.0 Å². The molecule has 1 heterocycles. The first-order chi connectivity index (χ1) is 13.2. The van der Waals surface area contributed by atoms with Gasteiger partial charge in [-0.1, -0.05) is 39.0 Å². The van der Waals surface area contributed by atoms with Crippen molar-refractivity contribution in [3.63, 3.8) is 0 Å². The minimum Gasteiger partial charge on any atom is -0.330 e. The van der Waals surface area contributed by atoms with E-state index in [1.807, 2.05) is 49.4 Å². The highest BCUT2D eigenvalue weighted by Crippen LogP contribution is 2.23. The van der Waals surface area contributed by atoms with E-state index in [0.717, 1.165) is 16.9 Å². The molecule has 0 unspecified atom stereocenters. The van der Waals surface area contributed by atoms with Crippen LogP contribution < -0.4 is 10.6 Å².